The lowest BCUT2D eigenvalue weighted by Gasteiger charge is -2.26. The molecule has 0 aliphatic carbocycles. The average molecular weight is 377 g/mol. The number of rotatable bonds is 5. The van der Waals surface area contributed by atoms with E-state index >= 15 is 0 Å². The van der Waals surface area contributed by atoms with Gasteiger partial charge in [-0.2, -0.15) is 0 Å². The lowest BCUT2D eigenvalue weighted by atomic mass is 9.83. The van der Waals surface area contributed by atoms with Crippen molar-refractivity contribution in [3.05, 3.63) is 64.8 Å². The third-order valence-corrected chi connectivity index (χ3v) is 6.30. The zero-order chi connectivity index (χ0) is 18.2. The molecule has 0 spiro atoms. The van der Waals surface area contributed by atoms with Crippen molar-refractivity contribution in [2.45, 2.75) is 31.1 Å². The molecule has 0 amide bonds. The Morgan fingerprint density at radius 1 is 1.08 bits per heavy atom. The minimum atomic E-state index is -3.67. The molecular formula is C19H21ClN2O2S. The van der Waals surface area contributed by atoms with Crippen molar-refractivity contribution < 1.29 is 8.42 Å². The molecule has 1 aromatic heterocycles. The normalized spacial score (nSPS) is 12.6. The quantitative estimate of drug-likeness (QED) is 0.693. The number of aromatic amines is 1. The number of para-hydroxylation sites is 1. The smallest absolute Gasteiger partial charge is 0.242 e. The molecule has 1 heterocycles. The summed E-state index contributed by atoms with van der Waals surface area (Å²) in [7, 11) is -3.67. The molecule has 0 saturated carbocycles. The summed E-state index contributed by atoms with van der Waals surface area (Å²) >= 11 is 6.04. The monoisotopic (exact) mass is 376 g/mol. The van der Waals surface area contributed by atoms with Crippen molar-refractivity contribution in [1.82, 2.24) is 9.71 Å². The van der Waals surface area contributed by atoms with Crippen LogP contribution in [-0.4, -0.2) is 19.9 Å². The van der Waals surface area contributed by atoms with Crippen LogP contribution in [0.3, 0.4) is 0 Å². The fourth-order valence-electron chi connectivity index (χ4n) is 3.25. The van der Waals surface area contributed by atoms with Crippen molar-refractivity contribution in [3.63, 3.8) is 0 Å². The molecule has 0 bridgehead atoms. The van der Waals surface area contributed by atoms with Gasteiger partial charge in [-0.15, -0.1) is 0 Å². The van der Waals surface area contributed by atoms with E-state index in [0.717, 1.165) is 22.2 Å². The molecule has 4 nitrogen and oxygen atoms in total. The van der Waals surface area contributed by atoms with Gasteiger partial charge in [-0.3, -0.25) is 0 Å². The third-order valence-electron chi connectivity index (χ3n) is 4.40. The van der Waals surface area contributed by atoms with Crippen LogP contribution in [0.2, 0.25) is 5.02 Å². The largest absolute Gasteiger partial charge is 0.358 e. The fourth-order valence-corrected chi connectivity index (χ4v) is 4.98. The lowest BCUT2D eigenvalue weighted by molar-refractivity contribution is 0.502. The summed E-state index contributed by atoms with van der Waals surface area (Å²) in [5, 5.41) is 1.33. The van der Waals surface area contributed by atoms with Gasteiger partial charge in [0.1, 0.15) is 4.90 Å². The molecule has 0 unspecified atom stereocenters. The van der Waals surface area contributed by atoms with E-state index in [1.165, 1.54) is 6.07 Å². The number of sulfonamides is 1. The van der Waals surface area contributed by atoms with Gasteiger partial charge in [0, 0.05) is 28.6 Å². The van der Waals surface area contributed by atoms with Gasteiger partial charge >= 0.3 is 0 Å². The molecule has 0 saturated heterocycles. The highest BCUT2D eigenvalue weighted by Gasteiger charge is 2.29. The second-order valence-corrected chi connectivity index (χ2v) is 8.95. The van der Waals surface area contributed by atoms with E-state index in [2.05, 4.69) is 15.8 Å². The Morgan fingerprint density at radius 3 is 2.44 bits per heavy atom. The van der Waals surface area contributed by atoms with Crippen LogP contribution in [0.5, 0.6) is 0 Å². The Bertz CT molecular complexity index is 1020. The van der Waals surface area contributed by atoms with E-state index in [9.17, 15) is 8.42 Å². The molecule has 6 heteroatoms. The predicted octanol–water partition coefficient (Wildman–Crippen LogP) is 4.39. The van der Waals surface area contributed by atoms with Crippen LogP contribution < -0.4 is 4.72 Å². The van der Waals surface area contributed by atoms with Gasteiger partial charge in [0.2, 0.25) is 10.0 Å². The van der Waals surface area contributed by atoms with Crippen LogP contribution in [0.1, 0.15) is 25.1 Å². The molecule has 0 radical (unpaired) electrons. The third kappa shape index (κ3) is 3.45. The van der Waals surface area contributed by atoms with Crippen LogP contribution in [0, 0.1) is 6.92 Å². The summed E-state index contributed by atoms with van der Waals surface area (Å²) in [6.45, 7) is 6.35. The summed E-state index contributed by atoms with van der Waals surface area (Å²) < 4.78 is 27.9. The average Bonchev–Trinajstić information content (AvgIpc) is 2.90. The van der Waals surface area contributed by atoms with Crippen molar-refractivity contribution in [3.8, 4) is 0 Å². The number of aryl methyl sites for hydroxylation is 1. The lowest BCUT2D eigenvalue weighted by Crippen LogP contribution is -2.37. The number of hydrogen-bond acceptors (Lipinski definition) is 2. The Labute approximate surface area is 153 Å². The van der Waals surface area contributed by atoms with Gasteiger partial charge in [0.05, 0.1) is 5.02 Å². The molecule has 2 N–H and O–H groups in total. The van der Waals surface area contributed by atoms with Gasteiger partial charge in [-0.05, 0) is 30.7 Å². The second-order valence-electron chi connectivity index (χ2n) is 6.81. The molecule has 132 valence electrons. The van der Waals surface area contributed by atoms with E-state index in [-0.39, 0.29) is 16.5 Å². The minimum Gasteiger partial charge on any atom is -0.358 e. The standard InChI is InChI=1S/C19H21ClN2O2S/c1-13-18(14-8-4-6-10-16(14)22-13)19(2,3)12-21-25(23,24)17-11-7-5-9-15(17)20/h4-11,21-22H,12H2,1-3H3. The SMILES string of the molecule is Cc1[nH]c2ccccc2c1C(C)(C)CNS(=O)(=O)c1ccccc1Cl. The van der Waals surface area contributed by atoms with Crippen molar-refractivity contribution >= 4 is 32.5 Å². The maximum Gasteiger partial charge on any atom is 0.242 e. The van der Waals surface area contributed by atoms with Crippen molar-refractivity contribution in [2.75, 3.05) is 6.54 Å². The number of H-pyrrole nitrogens is 1. The van der Waals surface area contributed by atoms with Gasteiger partial charge in [-0.1, -0.05) is 55.8 Å². The summed E-state index contributed by atoms with van der Waals surface area (Å²) in [4.78, 5) is 3.47. The van der Waals surface area contributed by atoms with Crippen LogP contribution in [0.4, 0.5) is 0 Å². The minimum absolute atomic E-state index is 0.100. The molecular weight excluding hydrogens is 356 g/mol. The van der Waals surface area contributed by atoms with Gasteiger partial charge < -0.3 is 4.98 Å². The van der Waals surface area contributed by atoms with E-state index in [4.69, 9.17) is 11.6 Å². The summed E-state index contributed by atoms with van der Waals surface area (Å²) in [5.41, 5.74) is 2.82. The Morgan fingerprint density at radius 2 is 1.72 bits per heavy atom. The highest BCUT2D eigenvalue weighted by atomic mass is 35.5. The van der Waals surface area contributed by atoms with E-state index in [1.54, 1.807) is 18.2 Å². The van der Waals surface area contributed by atoms with Gasteiger partial charge in [0.25, 0.3) is 0 Å². The zero-order valence-corrected chi connectivity index (χ0v) is 16.0. The Balaban J connectivity index is 1.91. The van der Waals surface area contributed by atoms with E-state index < -0.39 is 15.4 Å². The predicted molar refractivity (Wildman–Crippen MR) is 103 cm³/mol. The summed E-state index contributed by atoms with van der Waals surface area (Å²) in [6, 6.07) is 14.5. The first kappa shape index (κ1) is 18.0. The van der Waals surface area contributed by atoms with Gasteiger partial charge in [0.15, 0.2) is 0 Å². The first-order valence-electron chi connectivity index (χ1n) is 8.04. The number of nitrogens with one attached hydrogen (secondary N) is 2. The maximum atomic E-state index is 12.6. The first-order chi connectivity index (χ1) is 11.7. The molecule has 25 heavy (non-hydrogen) atoms. The number of fused-ring (bicyclic) bond motifs is 1. The Hall–Kier alpha value is -1.82. The van der Waals surface area contributed by atoms with E-state index in [0.29, 0.717) is 0 Å². The highest BCUT2D eigenvalue weighted by molar-refractivity contribution is 7.89. The molecule has 3 aromatic rings. The van der Waals surface area contributed by atoms with E-state index in [1.807, 2.05) is 39.0 Å². The number of aromatic nitrogens is 1. The van der Waals surface area contributed by atoms with Crippen LogP contribution in [-0.2, 0) is 15.4 Å². The molecule has 0 aliphatic rings. The highest BCUT2D eigenvalue weighted by Crippen LogP contribution is 2.33. The number of hydrogen-bond donors (Lipinski definition) is 2. The molecule has 0 atom stereocenters. The number of benzene rings is 2. The molecule has 3 rings (SSSR count). The molecule has 0 aliphatic heterocycles. The molecule has 2 aromatic carbocycles. The first-order valence-corrected chi connectivity index (χ1v) is 9.90. The van der Waals surface area contributed by atoms with Crippen LogP contribution >= 0.6 is 11.6 Å². The van der Waals surface area contributed by atoms with Crippen LogP contribution in [0.15, 0.2) is 53.4 Å². The zero-order valence-electron chi connectivity index (χ0n) is 14.4. The number of halogens is 1. The maximum absolute atomic E-state index is 12.6. The topological polar surface area (TPSA) is 62.0 Å². The Kier molecular flexibility index (Phi) is 4.66. The fraction of sp³-hybridized carbons (Fsp3) is 0.263. The summed E-state index contributed by atoms with van der Waals surface area (Å²) in [6.07, 6.45) is 0. The molecule has 0 fully saturated rings. The van der Waals surface area contributed by atoms with Crippen molar-refractivity contribution in [2.24, 2.45) is 0 Å². The van der Waals surface area contributed by atoms with Gasteiger partial charge in [-0.25, -0.2) is 13.1 Å². The summed E-state index contributed by atoms with van der Waals surface area (Å²) in [5.74, 6) is 0. The second kappa shape index (κ2) is 6.48. The van der Waals surface area contributed by atoms with Crippen LogP contribution in [0.25, 0.3) is 10.9 Å². The van der Waals surface area contributed by atoms with Crippen molar-refractivity contribution in [1.29, 1.82) is 0 Å².